The van der Waals surface area contributed by atoms with E-state index in [-0.39, 0.29) is 6.10 Å². The van der Waals surface area contributed by atoms with Crippen LogP contribution in [0.2, 0.25) is 0 Å². The van der Waals surface area contributed by atoms with E-state index in [4.69, 9.17) is 15.0 Å². The van der Waals surface area contributed by atoms with Gasteiger partial charge < -0.3 is 15.3 Å². The van der Waals surface area contributed by atoms with Crippen LogP contribution < -0.4 is 0 Å². The Morgan fingerprint density at radius 3 is 2.38 bits per heavy atom. The van der Waals surface area contributed by atoms with Crippen LogP contribution in [0.15, 0.2) is 11.6 Å². The second-order valence-corrected chi connectivity index (χ2v) is 12.5. The minimum atomic E-state index is -1.83. The van der Waals surface area contributed by atoms with Crippen LogP contribution in [0.4, 0.5) is 4.79 Å². The fraction of sp³-hybridized carbons (Fsp3) is 0.893. The number of fused-ring (bicyclic) bond motifs is 5. The number of carbonyl (C=O) groups is 1. The fourth-order valence-electron chi connectivity index (χ4n) is 8.67. The third-order valence-electron chi connectivity index (χ3n) is 10.3. The van der Waals surface area contributed by atoms with Crippen LogP contribution >= 0.6 is 0 Å². The van der Waals surface area contributed by atoms with E-state index in [0.29, 0.717) is 10.8 Å². The van der Waals surface area contributed by atoms with E-state index in [9.17, 15) is 5.11 Å². The van der Waals surface area contributed by atoms with Crippen molar-refractivity contribution in [3.8, 4) is 0 Å². The van der Waals surface area contributed by atoms with Crippen LogP contribution in [0.1, 0.15) is 105 Å². The first kappa shape index (κ1) is 25.6. The smallest absolute Gasteiger partial charge is 0.450 e. The van der Waals surface area contributed by atoms with Crippen molar-refractivity contribution in [1.29, 1.82) is 0 Å². The van der Waals surface area contributed by atoms with Crippen LogP contribution in [-0.4, -0.2) is 27.6 Å². The molecule has 0 aromatic heterocycles. The van der Waals surface area contributed by atoms with Crippen molar-refractivity contribution >= 4 is 6.16 Å². The summed E-state index contributed by atoms with van der Waals surface area (Å²) in [7, 11) is 0. The lowest BCUT2D eigenvalue weighted by Crippen LogP contribution is -2.50. The number of hydrogen-bond acceptors (Lipinski definition) is 2. The van der Waals surface area contributed by atoms with Gasteiger partial charge in [0.15, 0.2) is 0 Å². The van der Waals surface area contributed by atoms with E-state index < -0.39 is 6.16 Å². The van der Waals surface area contributed by atoms with Gasteiger partial charge in [-0.3, -0.25) is 0 Å². The number of hydrogen-bond donors (Lipinski definition) is 3. The molecule has 4 aliphatic carbocycles. The molecule has 8 atom stereocenters. The van der Waals surface area contributed by atoms with Gasteiger partial charge in [-0.2, -0.15) is 0 Å². The van der Waals surface area contributed by atoms with Crippen molar-refractivity contribution in [2.45, 2.75) is 111 Å². The summed E-state index contributed by atoms with van der Waals surface area (Å²) in [6.45, 7) is 12.6. The molecule has 0 saturated heterocycles. The molecule has 0 aliphatic heterocycles. The van der Waals surface area contributed by atoms with Crippen molar-refractivity contribution in [3.63, 3.8) is 0 Å². The number of rotatable bonds is 5. The summed E-state index contributed by atoms with van der Waals surface area (Å²) >= 11 is 0. The minimum absolute atomic E-state index is 0.0766. The predicted octanol–water partition coefficient (Wildman–Crippen LogP) is 7.61. The quantitative estimate of drug-likeness (QED) is 0.378. The topological polar surface area (TPSA) is 77.8 Å². The lowest BCUT2D eigenvalue weighted by atomic mass is 9.47. The zero-order valence-electron chi connectivity index (χ0n) is 21.1. The molecule has 0 aromatic rings. The number of aliphatic hydroxyl groups excluding tert-OH is 1. The number of aliphatic hydroxyl groups is 1. The fourth-order valence-corrected chi connectivity index (χ4v) is 8.67. The van der Waals surface area contributed by atoms with Gasteiger partial charge in [0.25, 0.3) is 0 Å². The summed E-state index contributed by atoms with van der Waals surface area (Å²) in [5.74, 6) is 5.46. The zero-order valence-corrected chi connectivity index (χ0v) is 21.1. The Labute approximate surface area is 195 Å². The average Bonchev–Trinajstić information content (AvgIpc) is 3.05. The Balaban J connectivity index is 0.000000668. The first-order valence-corrected chi connectivity index (χ1v) is 13.3. The molecule has 0 bridgehead atoms. The third kappa shape index (κ3) is 5.05. The molecule has 0 spiro atoms. The summed E-state index contributed by atoms with van der Waals surface area (Å²) in [6.07, 6.45) is 15.3. The summed E-state index contributed by atoms with van der Waals surface area (Å²) in [4.78, 5) is 8.56. The van der Waals surface area contributed by atoms with E-state index in [1.54, 1.807) is 5.57 Å². The van der Waals surface area contributed by atoms with Crippen LogP contribution in [0.3, 0.4) is 0 Å². The number of allylic oxidation sites excluding steroid dienone is 1. The molecule has 0 amide bonds. The van der Waals surface area contributed by atoms with Gasteiger partial charge in [-0.05, 0) is 97.7 Å². The van der Waals surface area contributed by atoms with E-state index in [1.165, 1.54) is 57.8 Å². The van der Waals surface area contributed by atoms with Crippen LogP contribution in [0.5, 0.6) is 0 Å². The first-order valence-electron chi connectivity index (χ1n) is 13.3. The highest BCUT2D eigenvalue weighted by Crippen LogP contribution is 2.67. The van der Waals surface area contributed by atoms with Crippen LogP contribution in [0, 0.1) is 46.3 Å². The second kappa shape index (κ2) is 10.1. The second-order valence-electron chi connectivity index (χ2n) is 12.5. The van der Waals surface area contributed by atoms with Gasteiger partial charge in [-0.15, -0.1) is 0 Å². The van der Waals surface area contributed by atoms with Gasteiger partial charge in [0.05, 0.1) is 6.10 Å². The van der Waals surface area contributed by atoms with E-state index >= 15 is 0 Å². The van der Waals surface area contributed by atoms with E-state index in [0.717, 1.165) is 48.3 Å². The van der Waals surface area contributed by atoms with Gasteiger partial charge in [0.2, 0.25) is 0 Å². The third-order valence-corrected chi connectivity index (χ3v) is 10.3. The molecule has 184 valence electrons. The Hall–Kier alpha value is -1.03. The predicted molar refractivity (Wildman–Crippen MR) is 130 cm³/mol. The molecular formula is C28H48O4. The molecule has 0 heterocycles. The van der Waals surface area contributed by atoms with Crippen LogP contribution in [-0.2, 0) is 0 Å². The van der Waals surface area contributed by atoms with Gasteiger partial charge >= 0.3 is 6.16 Å². The highest BCUT2D eigenvalue weighted by atomic mass is 16.6. The summed E-state index contributed by atoms with van der Waals surface area (Å²) in [5, 5.41) is 24.2. The molecule has 3 saturated carbocycles. The lowest BCUT2D eigenvalue weighted by Gasteiger charge is -2.58. The molecule has 4 heteroatoms. The molecule has 4 aliphatic rings. The molecule has 3 fully saturated rings. The molecule has 4 rings (SSSR count). The van der Waals surface area contributed by atoms with Crippen molar-refractivity contribution in [2.75, 3.05) is 0 Å². The Kier molecular flexibility index (Phi) is 8.06. The van der Waals surface area contributed by atoms with Crippen molar-refractivity contribution in [1.82, 2.24) is 0 Å². The summed E-state index contributed by atoms with van der Waals surface area (Å²) < 4.78 is 0. The average molecular weight is 449 g/mol. The highest BCUT2D eigenvalue weighted by Gasteiger charge is 2.59. The van der Waals surface area contributed by atoms with Crippen molar-refractivity contribution in [2.24, 2.45) is 46.3 Å². The standard InChI is InChI=1S/C27H46O.CH2O3/c1-18(2)7-6-8-19(3)23-11-12-24-22-10-9-20-17-21(28)13-15-26(20,4)25(22)14-16-27(23,24)5;2-1(3)4/h9,18-19,21-25,28H,6-8,10-17H2,1-5H3;(H2,2,3,4)/t19-,21+,22+,23-,24+,25+,26+,27-;/m1./s1. The lowest BCUT2D eigenvalue weighted by molar-refractivity contribution is -0.0573. The largest absolute Gasteiger partial charge is 0.503 e. The number of carboxylic acid groups (broad SMARTS) is 2. The SMILES string of the molecule is CC(C)CCC[C@@H](C)[C@H]1CC[C@H]2[C@@H]3CC=C4C[C@@H](O)CC[C@]4(C)[C@H]3CC[C@]12C.O=C(O)O. The maximum absolute atomic E-state index is 10.2. The molecule has 0 unspecified atom stereocenters. The molecular weight excluding hydrogens is 400 g/mol. The highest BCUT2D eigenvalue weighted by molar-refractivity contribution is 5.53. The Bertz CT molecular complexity index is 681. The minimum Gasteiger partial charge on any atom is -0.450 e. The van der Waals surface area contributed by atoms with E-state index in [1.807, 2.05) is 0 Å². The van der Waals surface area contributed by atoms with Crippen molar-refractivity contribution in [3.05, 3.63) is 11.6 Å². The molecule has 0 radical (unpaired) electrons. The zero-order chi connectivity index (χ0) is 23.7. The molecule has 4 nitrogen and oxygen atoms in total. The van der Waals surface area contributed by atoms with E-state index in [2.05, 4.69) is 40.7 Å². The molecule has 3 N–H and O–H groups in total. The summed E-state index contributed by atoms with van der Waals surface area (Å²) in [6, 6.07) is 0. The van der Waals surface area contributed by atoms with Gasteiger partial charge in [0.1, 0.15) is 0 Å². The summed E-state index contributed by atoms with van der Waals surface area (Å²) in [5.41, 5.74) is 2.60. The van der Waals surface area contributed by atoms with Crippen molar-refractivity contribution < 1.29 is 20.1 Å². The van der Waals surface area contributed by atoms with Gasteiger partial charge in [-0.25, -0.2) is 4.79 Å². The monoisotopic (exact) mass is 448 g/mol. The normalized spacial score (nSPS) is 41.5. The van der Waals surface area contributed by atoms with Gasteiger partial charge in [-0.1, -0.05) is 65.5 Å². The van der Waals surface area contributed by atoms with Gasteiger partial charge in [0, 0.05) is 0 Å². The maximum Gasteiger partial charge on any atom is 0.503 e. The molecule has 32 heavy (non-hydrogen) atoms. The maximum atomic E-state index is 10.2. The Morgan fingerprint density at radius 1 is 1.03 bits per heavy atom. The Morgan fingerprint density at radius 2 is 1.72 bits per heavy atom. The first-order chi connectivity index (χ1) is 15.0. The van der Waals surface area contributed by atoms with Crippen LogP contribution in [0.25, 0.3) is 0 Å². The molecule has 0 aromatic carbocycles.